The van der Waals surface area contributed by atoms with E-state index in [1.165, 1.54) is 4.90 Å². The molecule has 0 aromatic heterocycles. The van der Waals surface area contributed by atoms with E-state index in [-0.39, 0.29) is 12.5 Å². The van der Waals surface area contributed by atoms with Gasteiger partial charge in [0.05, 0.1) is 11.9 Å². The van der Waals surface area contributed by atoms with Crippen LogP contribution in [-0.2, 0) is 26.2 Å². The highest BCUT2D eigenvalue weighted by Gasteiger charge is 2.30. The Kier molecular flexibility index (Phi) is 8.33. The molecule has 0 saturated heterocycles. The van der Waals surface area contributed by atoms with Gasteiger partial charge in [0.15, 0.2) is 0 Å². The maximum absolute atomic E-state index is 13.6. The molecule has 7 nitrogen and oxygen atoms in total. The fourth-order valence-corrected chi connectivity index (χ4v) is 5.07. The second kappa shape index (κ2) is 11.0. The topological polar surface area (TPSA) is 86.8 Å². The number of amides is 2. The summed E-state index contributed by atoms with van der Waals surface area (Å²) in [7, 11) is -3.80. The number of carbonyl (C=O) groups excluding carboxylic acids is 2. The van der Waals surface area contributed by atoms with Crippen molar-refractivity contribution in [3.8, 4) is 0 Å². The number of hydrogen-bond donors (Lipinski definition) is 1. The molecule has 0 aliphatic heterocycles. The summed E-state index contributed by atoms with van der Waals surface area (Å²) >= 11 is 3.43. The zero-order chi connectivity index (χ0) is 24.9. The van der Waals surface area contributed by atoms with Crippen LogP contribution in [-0.4, -0.2) is 50.5 Å². The lowest BCUT2D eigenvalue weighted by Gasteiger charge is -2.31. The molecule has 0 spiro atoms. The van der Waals surface area contributed by atoms with E-state index in [4.69, 9.17) is 0 Å². The van der Waals surface area contributed by atoms with Crippen molar-refractivity contribution in [2.75, 3.05) is 23.7 Å². The van der Waals surface area contributed by atoms with Crippen molar-refractivity contribution in [3.63, 3.8) is 0 Å². The molecule has 0 saturated carbocycles. The van der Waals surface area contributed by atoms with Gasteiger partial charge in [-0.1, -0.05) is 64.5 Å². The number of hydrogen-bond acceptors (Lipinski definition) is 4. The number of carbonyl (C=O) groups is 2. The van der Waals surface area contributed by atoms with Crippen LogP contribution in [0.5, 0.6) is 0 Å². The minimum Gasteiger partial charge on any atom is -0.355 e. The highest BCUT2D eigenvalue weighted by atomic mass is 79.9. The minimum atomic E-state index is -3.80. The van der Waals surface area contributed by atoms with Crippen LogP contribution in [0.15, 0.2) is 71.2 Å². The van der Waals surface area contributed by atoms with Crippen LogP contribution in [0.4, 0.5) is 5.69 Å². The number of rotatable bonds is 9. The van der Waals surface area contributed by atoms with E-state index >= 15 is 0 Å². The van der Waals surface area contributed by atoms with Crippen molar-refractivity contribution >= 4 is 54.2 Å². The quantitative estimate of drug-likeness (QED) is 0.441. The van der Waals surface area contributed by atoms with Crippen molar-refractivity contribution in [3.05, 3.63) is 76.8 Å². The molecule has 1 atom stereocenters. The normalized spacial score (nSPS) is 12.2. The van der Waals surface area contributed by atoms with Gasteiger partial charge < -0.3 is 10.2 Å². The summed E-state index contributed by atoms with van der Waals surface area (Å²) in [4.78, 5) is 27.6. The lowest BCUT2D eigenvalue weighted by molar-refractivity contribution is -0.139. The Morgan fingerprint density at radius 1 is 1.03 bits per heavy atom. The van der Waals surface area contributed by atoms with Crippen LogP contribution < -0.4 is 9.62 Å². The lowest BCUT2D eigenvalue weighted by Crippen LogP contribution is -2.51. The van der Waals surface area contributed by atoms with E-state index in [1.54, 1.807) is 26.0 Å². The molecular formula is C25H28BrN3O4S. The Morgan fingerprint density at radius 3 is 2.38 bits per heavy atom. The molecule has 3 rings (SSSR count). The van der Waals surface area contributed by atoms with Gasteiger partial charge in [-0.3, -0.25) is 13.9 Å². The SMILES string of the molecule is CCNC(=O)[C@H](C)N(Cc1cccc(Br)c1)C(=O)CN(c1cccc2ccccc12)S(C)(=O)=O. The summed E-state index contributed by atoms with van der Waals surface area (Å²) in [6, 6.07) is 19.4. The molecule has 3 aromatic rings. The van der Waals surface area contributed by atoms with Gasteiger partial charge in [0.1, 0.15) is 12.6 Å². The molecule has 180 valence electrons. The van der Waals surface area contributed by atoms with Gasteiger partial charge in [0, 0.05) is 22.9 Å². The molecule has 34 heavy (non-hydrogen) atoms. The lowest BCUT2D eigenvalue weighted by atomic mass is 10.1. The molecule has 0 bridgehead atoms. The number of nitrogens with one attached hydrogen (secondary N) is 1. The third-order valence-electron chi connectivity index (χ3n) is 5.47. The number of benzene rings is 3. The van der Waals surface area contributed by atoms with Crippen molar-refractivity contribution in [1.29, 1.82) is 0 Å². The van der Waals surface area contributed by atoms with E-state index < -0.39 is 28.5 Å². The fourth-order valence-electron chi connectivity index (χ4n) is 3.76. The van der Waals surface area contributed by atoms with Crippen molar-refractivity contribution in [2.45, 2.75) is 26.4 Å². The van der Waals surface area contributed by atoms with Gasteiger partial charge in [-0.15, -0.1) is 0 Å². The van der Waals surface area contributed by atoms with Crippen LogP contribution in [0, 0.1) is 0 Å². The van der Waals surface area contributed by atoms with Crippen LogP contribution in [0.1, 0.15) is 19.4 Å². The third-order valence-corrected chi connectivity index (χ3v) is 7.09. The van der Waals surface area contributed by atoms with Gasteiger partial charge in [-0.05, 0) is 43.0 Å². The zero-order valence-corrected chi connectivity index (χ0v) is 21.8. The molecule has 9 heteroatoms. The summed E-state index contributed by atoms with van der Waals surface area (Å²) < 4.78 is 27.6. The molecule has 0 unspecified atom stereocenters. The first-order valence-electron chi connectivity index (χ1n) is 10.9. The molecule has 1 N–H and O–H groups in total. The molecule has 3 aromatic carbocycles. The van der Waals surface area contributed by atoms with Crippen molar-refractivity contribution in [1.82, 2.24) is 10.2 Å². The number of halogens is 1. The molecule has 2 amide bonds. The molecule has 0 aliphatic rings. The molecule has 0 radical (unpaired) electrons. The highest BCUT2D eigenvalue weighted by Crippen LogP contribution is 2.28. The first-order chi connectivity index (χ1) is 16.1. The standard InChI is InChI=1S/C25H28BrN3O4S/c1-4-27-25(31)18(2)28(16-19-9-7-12-21(26)15-19)24(30)17-29(34(3,32)33)23-14-8-11-20-10-5-6-13-22(20)23/h5-15,18H,4,16-17H2,1-3H3,(H,27,31)/t18-/m0/s1. The molecule has 0 aliphatic carbocycles. The maximum Gasteiger partial charge on any atom is 0.244 e. The van der Waals surface area contributed by atoms with Gasteiger partial charge in [0.25, 0.3) is 0 Å². The number of anilines is 1. The summed E-state index contributed by atoms with van der Waals surface area (Å²) in [5, 5.41) is 4.33. The predicted octanol–water partition coefficient (Wildman–Crippen LogP) is 3.92. The summed E-state index contributed by atoms with van der Waals surface area (Å²) in [6.45, 7) is 3.60. The molecular weight excluding hydrogens is 518 g/mol. The van der Waals surface area contributed by atoms with Gasteiger partial charge in [-0.25, -0.2) is 8.42 Å². The first kappa shape index (κ1) is 25.7. The van der Waals surface area contributed by atoms with E-state index in [2.05, 4.69) is 21.2 Å². The van der Waals surface area contributed by atoms with E-state index in [0.29, 0.717) is 12.2 Å². The Morgan fingerprint density at radius 2 is 1.71 bits per heavy atom. The Balaban J connectivity index is 2.00. The van der Waals surface area contributed by atoms with Crippen LogP contribution in [0.2, 0.25) is 0 Å². The maximum atomic E-state index is 13.6. The van der Waals surface area contributed by atoms with Crippen molar-refractivity contribution < 1.29 is 18.0 Å². The number of sulfonamides is 1. The first-order valence-corrected chi connectivity index (χ1v) is 13.5. The number of nitrogens with zero attached hydrogens (tertiary/aromatic N) is 2. The second-order valence-electron chi connectivity index (χ2n) is 7.99. The van der Waals surface area contributed by atoms with Crippen LogP contribution >= 0.6 is 15.9 Å². The zero-order valence-electron chi connectivity index (χ0n) is 19.4. The van der Waals surface area contributed by atoms with E-state index in [1.807, 2.05) is 54.6 Å². The van der Waals surface area contributed by atoms with Gasteiger partial charge >= 0.3 is 0 Å². The van der Waals surface area contributed by atoms with Crippen LogP contribution in [0.3, 0.4) is 0 Å². The fraction of sp³-hybridized carbons (Fsp3) is 0.280. The highest BCUT2D eigenvalue weighted by molar-refractivity contribution is 9.10. The second-order valence-corrected chi connectivity index (χ2v) is 10.8. The van der Waals surface area contributed by atoms with Gasteiger partial charge in [-0.2, -0.15) is 0 Å². The van der Waals surface area contributed by atoms with E-state index in [9.17, 15) is 18.0 Å². The number of likely N-dealkylation sites (N-methyl/N-ethyl adjacent to an activating group) is 1. The van der Waals surface area contributed by atoms with Gasteiger partial charge in [0.2, 0.25) is 21.8 Å². The largest absolute Gasteiger partial charge is 0.355 e. The average molecular weight is 546 g/mol. The number of fused-ring (bicyclic) bond motifs is 1. The average Bonchev–Trinajstić information content (AvgIpc) is 2.79. The van der Waals surface area contributed by atoms with E-state index in [0.717, 1.165) is 31.4 Å². The Bertz CT molecular complexity index is 1290. The van der Waals surface area contributed by atoms with Crippen LogP contribution in [0.25, 0.3) is 10.8 Å². The third kappa shape index (κ3) is 6.15. The monoisotopic (exact) mass is 545 g/mol. The predicted molar refractivity (Wildman–Crippen MR) is 139 cm³/mol. The Hall–Kier alpha value is -2.91. The molecule has 0 heterocycles. The summed E-state index contributed by atoms with van der Waals surface area (Å²) in [5.74, 6) is -0.779. The Labute approximate surface area is 208 Å². The summed E-state index contributed by atoms with van der Waals surface area (Å²) in [5.41, 5.74) is 1.23. The summed E-state index contributed by atoms with van der Waals surface area (Å²) in [6.07, 6.45) is 1.08. The van der Waals surface area contributed by atoms with Crippen molar-refractivity contribution in [2.24, 2.45) is 0 Å². The molecule has 0 fully saturated rings. The minimum absolute atomic E-state index is 0.156. The smallest absolute Gasteiger partial charge is 0.244 e.